The molecule has 0 aromatic heterocycles. The van der Waals surface area contributed by atoms with E-state index >= 15 is 0 Å². The maximum Gasteiger partial charge on any atom is 0.232 e. The van der Waals surface area contributed by atoms with Gasteiger partial charge in [0.1, 0.15) is 5.25 Å². The second-order valence-corrected chi connectivity index (χ2v) is 2.85. The fourth-order valence-electron chi connectivity index (χ4n) is 0.573. The maximum absolute atomic E-state index is 10.5. The molecule has 0 saturated heterocycles. The molecule has 0 aliphatic carbocycles. The molecule has 0 fully saturated rings. The average molecular weight is 181 g/mol. The number of carbonyl (C=O) groups is 1. The van der Waals surface area contributed by atoms with Crippen LogP contribution in [-0.2, 0) is 4.79 Å². The molecule has 1 heterocycles. The highest BCUT2D eigenvalue weighted by Crippen LogP contribution is 2.13. The molecule has 0 radical (unpaired) electrons. The third-order valence-corrected chi connectivity index (χ3v) is 2.07. The topological polar surface area (TPSA) is 55.1 Å². The van der Waals surface area contributed by atoms with Crippen LogP contribution in [0.2, 0.25) is 0 Å². The zero-order valence-corrected chi connectivity index (χ0v) is 6.87. The molecule has 0 spiro atoms. The second kappa shape index (κ2) is 4.46. The van der Waals surface area contributed by atoms with Gasteiger partial charge in [0.15, 0.2) is 0 Å². The average Bonchev–Trinajstić information content (AvgIpc) is 1.90. The van der Waals surface area contributed by atoms with Crippen LogP contribution in [0.1, 0.15) is 0 Å². The molecule has 0 saturated carbocycles. The number of hydrogen-bond donors (Lipinski definition) is 2. The van der Waals surface area contributed by atoms with E-state index in [1.54, 1.807) is 0 Å². The predicted molar refractivity (Wildman–Crippen MR) is 45.0 cm³/mol. The summed E-state index contributed by atoms with van der Waals surface area (Å²) in [6.45, 7) is 0.649. The molecule has 1 unspecified atom stereocenters. The van der Waals surface area contributed by atoms with E-state index in [1.165, 1.54) is 11.8 Å². The fraction of sp³-hybridized carbons (Fsp3) is 0.400. The van der Waals surface area contributed by atoms with Crippen molar-refractivity contribution in [1.29, 1.82) is 0 Å². The first-order valence-corrected chi connectivity index (χ1v) is 3.58. The SMILES string of the molecule is Cl.NC(=O)C1CNC=CS1. The molecule has 1 aliphatic rings. The minimum Gasteiger partial charge on any atom is -0.389 e. The van der Waals surface area contributed by atoms with Gasteiger partial charge < -0.3 is 11.1 Å². The lowest BCUT2D eigenvalue weighted by Crippen LogP contribution is -2.35. The van der Waals surface area contributed by atoms with Crippen LogP contribution >= 0.6 is 24.2 Å². The number of thioether (sulfide) groups is 1. The summed E-state index contributed by atoms with van der Waals surface area (Å²) in [6.07, 6.45) is 1.81. The summed E-state index contributed by atoms with van der Waals surface area (Å²) in [5.41, 5.74) is 5.03. The summed E-state index contributed by atoms with van der Waals surface area (Å²) in [5, 5.41) is 4.66. The summed E-state index contributed by atoms with van der Waals surface area (Å²) >= 11 is 1.45. The van der Waals surface area contributed by atoms with E-state index in [0.717, 1.165) is 0 Å². The molecule has 10 heavy (non-hydrogen) atoms. The highest BCUT2D eigenvalue weighted by atomic mass is 35.5. The van der Waals surface area contributed by atoms with Crippen molar-refractivity contribution in [2.24, 2.45) is 5.73 Å². The number of amides is 1. The number of primary amides is 1. The lowest BCUT2D eigenvalue weighted by molar-refractivity contribution is -0.117. The Hall–Kier alpha value is -0.350. The van der Waals surface area contributed by atoms with E-state index < -0.39 is 0 Å². The Bertz CT molecular complexity index is 151. The first-order valence-electron chi connectivity index (χ1n) is 2.64. The van der Waals surface area contributed by atoms with Crippen LogP contribution in [0.5, 0.6) is 0 Å². The second-order valence-electron chi connectivity index (χ2n) is 1.74. The lowest BCUT2D eigenvalue weighted by atomic mass is 10.4. The van der Waals surface area contributed by atoms with Crippen LogP contribution in [0.4, 0.5) is 0 Å². The zero-order chi connectivity index (χ0) is 6.69. The largest absolute Gasteiger partial charge is 0.389 e. The van der Waals surface area contributed by atoms with Gasteiger partial charge in [0.25, 0.3) is 0 Å². The standard InChI is InChI=1S/C5H8N2OS.ClH/c6-5(8)4-3-7-1-2-9-4;/h1-2,4,7H,3H2,(H2,6,8);1H. The molecule has 1 atom stereocenters. The summed E-state index contributed by atoms with van der Waals surface area (Å²) < 4.78 is 0. The summed E-state index contributed by atoms with van der Waals surface area (Å²) in [7, 11) is 0. The summed E-state index contributed by atoms with van der Waals surface area (Å²) in [6, 6.07) is 0. The Labute approximate surface area is 69.8 Å². The van der Waals surface area contributed by atoms with E-state index in [2.05, 4.69) is 5.32 Å². The highest BCUT2D eigenvalue weighted by Gasteiger charge is 2.14. The fourth-order valence-corrected chi connectivity index (χ4v) is 1.26. The van der Waals surface area contributed by atoms with Gasteiger partial charge in [-0.25, -0.2) is 0 Å². The quantitative estimate of drug-likeness (QED) is 0.601. The van der Waals surface area contributed by atoms with Gasteiger partial charge in [-0.3, -0.25) is 4.79 Å². The van der Waals surface area contributed by atoms with Gasteiger partial charge in [0.05, 0.1) is 0 Å². The maximum atomic E-state index is 10.5. The minimum absolute atomic E-state index is 0. The monoisotopic (exact) mass is 180 g/mol. The van der Waals surface area contributed by atoms with Gasteiger partial charge >= 0.3 is 0 Å². The third kappa shape index (κ3) is 2.49. The van der Waals surface area contributed by atoms with Crippen LogP contribution in [0, 0.1) is 0 Å². The number of halogens is 1. The van der Waals surface area contributed by atoms with Crippen LogP contribution in [0.25, 0.3) is 0 Å². The van der Waals surface area contributed by atoms with Crippen molar-refractivity contribution in [2.45, 2.75) is 5.25 Å². The smallest absolute Gasteiger partial charge is 0.232 e. The minimum atomic E-state index is -0.253. The number of carbonyl (C=O) groups excluding carboxylic acids is 1. The number of rotatable bonds is 1. The van der Waals surface area contributed by atoms with Crippen LogP contribution in [0.15, 0.2) is 11.6 Å². The van der Waals surface area contributed by atoms with Crippen molar-refractivity contribution in [3.63, 3.8) is 0 Å². The van der Waals surface area contributed by atoms with Crippen LogP contribution < -0.4 is 11.1 Å². The molecule has 5 heteroatoms. The van der Waals surface area contributed by atoms with E-state index in [4.69, 9.17) is 5.73 Å². The van der Waals surface area contributed by atoms with E-state index in [0.29, 0.717) is 6.54 Å². The lowest BCUT2D eigenvalue weighted by Gasteiger charge is -2.13. The molecule has 0 aromatic carbocycles. The van der Waals surface area contributed by atoms with Crippen molar-refractivity contribution >= 4 is 30.1 Å². The Balaban J connectivity index is 0.000000810. The number of nitrogens with one attached hydrogen (secondary N) is 1. The normalized spacial score (nSPS) is 22.6. The predicted octanol–water partition coefficient (Wildman–Crippen LogP) is 0.0697. The molecule has 0 bridgehead atoms. The molecular weight excluding hydrogens is 172 g/mol. The zero-order valence-electron chi connectivity index (χ0n) is 5.24. The van der Waals surface area contributed by atoms with Crippen molar-refractivity contribution in [2.75, 3.05) is 6.54 Å². The Morgan fingerprint density at radius 3 is 2.80 bits per heavy atom. The Kier molecular flexibility index (Phi) is 4.31. The number of hydrogen-bond acceptors (Lipinski definition) is 3. The van der Waals surface area contributed by atoms with Crippen LogP contribution in [-0.4, -0.2) is 17.7 Å². The molecule has 3 N–H and O–H groups in total. The van der Waals surface area contributed by atoms with Crippen molar-refractivity contribution in [3.8, 4) is 0 Å². The van der Waals surface area contributed by atoms with Gasteiger partial charge in [0, 0.05) is 12.7 Å². The van der Waals surface area contributed by atoms with Gasteiger partial charge in [-0.1, -0.05) is 0 Å². The molecular formula is C5H9ClN2OS. The first kappa shape index (κ1) is 9.65. The first-order chi connectivity index (χ1) is 4.30. The number of nitrogens with two attached hydrogens (primary N) is 1. The Morgan fingerprint density at radius 2 is 2.50 bits per heavy atom. The van der Waals surface area contributed by atoms with Crippen molar-refractivity contribution in [1.82, 2.24) is 5.32 Å². The van der Waals surface area contributed by atoms with Gasteiger partial charge in [-0.2, -0.15) is 0 Å². The molecule has 58 valence electrons. The van der Waals surface area contributed by atoms with E-state index in [1.807, 2.05) is 11.6 Å². The molecule has 1 aliphatic heterocycles. The van der Waals surface area contributed by atoms with Gasteiger partial charge in [0.2, 0.25) is 5.91 Å². The van der Waals surface area contributed by atoms with Crippen LogP contribution in [0.3, 0.4) is 0 Å². The summed E-state index contributed by atoms with van der Waals surface area (Å²) in [4.78, 5) is 10.5. The molecule has 1 rings (SSSR count). The van der Waals surface area contributed by atoms with E-state index in [9.17, 15) is 4.79 Å². The Morgan fingerprint density at radius 1 is 1.80 bits per heavy atom. The van der Waals surface area contributed by atoms with Crippen molar-refractivity contribution in [3.05, 3.63) is 11.6 Å². The third-order valence-electron chi connectivity index (χ3n) is 1.05. The van der Waals surface area contributed by atoms with Crippen molar-refractivity contribution < 1.29 is 4.79 Å². The van der Waals surface area contributed by atoms with Gasteiger partial charge in [-0.15, -0.1) is 24.2 Å². The summed E-state index contributed by atoms with van der Waals surface area (Å²) in [5.74, 6) is -0.253. The molecule has 0 aromatic rings. The molecule has 3 nitrogen and oxygen atoms in total. The van der Waals surface area contributed by atoms with Gasteiger partial charge in [-0.05, 0) is 5.41 Å². The van der Waals surface area contributed by atoms with E-state index in [-0.39, 0.29) is 23.6 Å². The highest BCUT2D eigenvalue weighted by molar-refractivity contribution is 8.03. The molecule has 1 amide bonds.